The Bertz CT molecular complexity index is 650. The van der Waals surface area contributed by atoms with Gasteiger partial charge in [-0.05, 0) is 80.6 Å². The van der Waals surface area contributed by atoms with Crippen LogP contribution in [0, 0.1) is 0 Å². The number of hydrogen-bond donors (Lipinski definition) is 2. The van der Waals surface area contributed by atoms with Gasteiger partial charge >= 0.3 is 18.2 Å². The molecule has 0 heterocycles. The summed E-state index contributed by atoms with van der Waals surface area (Å²) in [6.07, 6.45) is 1.59. The molecule has 2 saturated carbocycles. The molecule has 3 N–H and O–H groups in total. The van der Waals surface area contributed by atoms with E-state index in [4.69, 9.17) is 19.9 Å². The maximum absolute atomic E-state index is 12.9. The minimum Gasteiger partial charge on any atom is -0.465 e. The van der Waals surface area contributed by atoms with E-state index in [0.717, 1.165) is 17.7 Å². The maximum atomic E-state index is 12.9. The van der Waals surface area contributed by atoms with Gasteiger partial charge in [-0.3, -0.25) is 10.1 Å². The highest BCUT2D eigenvalue weighted by Gasteiger charge is 2.53. The fourth-order valence-corrected chi connectivity index (χ4v) is 3.80. The summed E-state index contributed by atoms with van der Waals surface area (Å²) in [6, 6.07) is -1.04. The summed E-state index contributed by atoms with van der Waals surface area (Å²) in [4.78, 5) is 39.0. The largest absolute Gasteiger partial charge is 0.465 e. The van der Waals surface area contributed by atoms with Crippen molar-refractivity contribution < 1.29 is 28.6 Å². The first kappa shape index (κ1) is 25.4. The van der Waals surface area contributed by atoms with Crippen LogP contribution in [-0.4, -0.2) is 64.5 Å². The van der Waals surface area contributed by atoms with Crippen LogP contribution < -0.4 is 11.1 Å². The van der Waals surface area contributed by atoms with E-state index in [9.17, 15) is 14.4 Å². The molecule has 0 spiro atoms. The van der Waals surface area contributed by atoms with Gasteiger partial charge in [0, 0.05) is 12.1 Å². The molecule has 0 aliphatic heterocycles. The number of imide groups is 1. The highest BCUT2D eigenvalue weighted by molar-refractivity contribution is 5.88. The number of nitrogens with zero attached hydrogens (tertiary/aromatic N) is 1. The van der Waals surface area contributed by atoms with Crippen LogP contribution in [-0.2, 0) is 19.0 Å². The zero-order valence-electron chi connectivity index (χ0n) is 19.9. The number of hydrogen-bond acceptors (Lipinski definition) is 8. The fraction of sp³-hybridized carbons (Fsp3) is 0.864. The van der Waals surface area contributed by atoms with Gasteiger partial charge in [0.25, 0.3) is 0 Å². The van der Waals surface area contributed by atoms with Crippen molar-refractivity contribution in [3.8, 4) is 0 Å². The summed E-state index contributed by atoms with van der Waals surface area (Å²) < 4.78 is 16.1. The molecular formula is C22H39N3O6. The third kappa shape index (κ3) is 7.07. The van der Waals surface area contributed by atoms with Crippen LogP contribution in [0.1, 0.15) is 80.6 Å². The number of rotatable bonds is 5. The molecule has 2 aliphatic rings. The van der Waals surface area contributed by atoms with Crippen molar-refractivity contribution in [2.45, 2.75) is 115 Å². The minimum atomic E-state index is -0.766. The number of carbonyl (C=O) groups excluding carboxylic acids is 3. The van der Waals surface area contributed by atoms with Crippen molar-refractivity contribution in [3.05, 3.63) is 0 Å². The molecule has 9 nitrogen and oxygen atoms in total. The van der Waals surface area contributed by atoms with Crippen molar-refractivity contribution in [3.63, 3.8) is 0 Å². The molecule has 2 amide bonds. The molecule has 2 rings (SSSR count). The van der Waals surface area contributed by atoms with Gasteiger partial charge in [0.05, 0.1) is 12.6 Å². The Morgan fingerprint density at radius 1 is 1.00 bits per heavy atom. The first-order valence-electron chi connectivity index (χ1n) is 11.1. The van der Waals surface area contributed by atoms with Gasteiger partial charge in [-0.1, -0.05) is 0 Å². The van der Waals surface area contributed by atoms with Crippen molar-refractivity contribution in [1.82, 2.24) is 10.2 Å². The van der Waals surface area contributed by atoms with Crippen LogP contribution in [0.3, 0.4) is 0 Å². The number of ether oxygens (including phenoxy) is 3. The van der Waals surface area contributed by atoms with Gasteiger partial charge in [0.15, 0.2) is 0 Å². The number of carbonyl (C=O) groups is 3. The van der Waals surface area contributed by atoms with E-state index in [1.54, 1.807) is 48.5 Å². The highest BCUT2D eigenvalue weighted by atomic mass is 16.6. The van der Waals surface area contributed by atoms with Crippen LogP contribution in [0.25, 0.3) is 0 Å². The van der Waals surface area contributed by atoms with Gasteiger partial charge < -0.3 is 19.9 Å². The summed E-state index contributed by atoms with van der Waals surface area (Å²) in [5.74, 6) is -0.227. The number of nitrogens with one attached hydrogen (secondary N) is 1. The number of esters is 1. The average molecular weight is 442 g/mol. The van der Waals surface area contributed by atoms with Gasteiger partial charge in [-0.2, -0.15) is 0 Å². The molecule has 31 heavy (non-hydrogen) atoms. The van der Waals surface area contributed by atoms with Crippen LogP contribution in [0.4, 0.5) is 9.59 Å². The molecule has 3 unspecified atom stereocenters. The molecule has 9 heteroatoms. The first-order valence-corrected chi connectivity index (χ1v) is 11.1. The van der Waals surface area contributed by atoms with Crippen LogP contribution in [0.5, 0.6) is 0 Å². The zero-order valence-corrected chi connectivity index (χ0v) is 19.9. The molecule has 2 aliphatic carbocycles. The Labute approximate surface area is 185 Å². The third-order valence-electron chi connectivity index (χ3n) is 5.27. The Balaban J connectivity index is 2.11. The van der Waals surface area contributed by atoms with Crippen molar-refractivity contribution >= 4 is 18.2 Å². The lowest BCUT2D eigenvalue weighted by atomic mass is 9.86. The monoisotopic (exact) mass is 441 g/mol. The van der Waals surface area contributed by atoms with Crippen LogP contribution in [0.2, 0.25) is 0 Å². The molecule has 3 atom stereocenters. The van der Waals surface area contributed by atoms with Crippen LogP contribution in [0.15, 0.2) is 0 Å². The Morgan fingerprint density at radius 2 is 1.52 bits per heavy atom. The number of amides is 2. The predicted octanol–water partition coefficient (Wildman–Crippen LogP) is 3.09. The van der Waals surface area contributed by atoms with E-state index in [2.05, 4.69) is 5.32 Å². The van der Waals surface area contributed by atoms with Crippen molar-refractivity contribution in [2.75, 3.05) is 6.61 Å². The molecule has 0 saturated heterocycles. The van der Waals surface area contributed by atoms with Gasteiger partial charge in [0.1, 0.15) is 16.7 Å². The lowest BCUT2D eigenvalue weighted by molar-refractivity contribution is -0.147. The minimum absolute atomic E-state index is 0.00252. The fourth-order valence-electron chi connectivity index (χ4n) is 3.80. The molecular weight excluding hydrogens is 402 g/mol. The molecule has 178 valence electrons. The summed E-state index contributed by atoms with van der Waals surface area (Å²) in [6.45, 7) is 12.6. The Morgan fingerprint density at radius 3 is 1.90 bits per heavy atom. The van der Waals surface area contributed by atoms with Crippen molar-refractivity contribution in [1.29, 1.82) is 0 Å². The summed E-state index contributed by atoms with van der Waals surface area (Å²) >= 11 is 0. The Hall–Kier alpha value is -1.87. The zero-order chi connectivity index (χ0) is 23.6. The molecule has 0 radical (unpaired) electrons. The smallest absolute Gasteiger partial charge is 0.420 e. The lowest BCUT2D eigenvalue weighted by Gasteiger charge is -2.41. The molecule has 0 aromatic rings. The maximum Gasteiger partial charge on any atom is 0.420 e. The molecule has 0 aromatic carbocycles. The summed E-state index contributed by atoms with van der Waals surface area (Å²) in [5, 5.41) is 3.41. The first-order chi connectivity index (χ1) is 14.2. The van der Waals surface area contributed by atoms with Gasteiger partial charge in [-0.15, -0.1) is 0 Å². The number of nitrogens with two attached hydrogens (primary N) is 1. The Kier molecular flexibility index (Phi) is 7.63. The lowest BCUT2D eigenvalue weighted by Crippen LogP contribution is -2.60. The van der Waals surface area contributed by atoms with Gasteiger partial charge in [0.2, 0.25) is 0 Å². The quantitative estimate of drug-likeness (QED) is 0.493. The van der Waals surface area contributed by atoms with E-state index in [1.165, 1.54) is 0 Å². The highest BCUT2D eigenvalue weighted by Crippen LogP contribution is 2.39. The normalized spacial score (nSPS) is 25.4. The second-order valence-electron chi connectivity index (χ2n) is 10.5. The molecule has 2 fully saturated rings. The predicted molar refractivity (Wildman–Crippen MR) is 115 cm³/mol. The summed E-state index contributed by atoms with van der Waals surface area (Å²) in [5.41, 5.74) is 4.28. The third-order valence-corrected chi connectivity index (χ3v) is 5.27. The molecule has 0 bridgehead atoms. The summed E-state index contributed by atoms with van der Waals surface area (Å²) in [7, 11) is 0. The second kappa shape index (κ2) is 9.32. The van der Waals surface area contributed by atoms with Crippen LogP contribution >= 0.6 is 0 Å². The van der Waals surface area contributed by atoms with E-state index in [1.807, 2.05) is 0 Å². The molecule has 0 aromatic heterocycles. The van der Waals surface area contributed by atoms with E-state index >= 15 is 0 Å². The van der Waals surface area contributed by atoms with E-state index < -0.39 is 41.0 Å². The van der Waals surface area contributed by atoms with Crippen molar-refractivity contribution in [2.24, 2.45) is 5.73 Å². The standard InChI is InChI=1S/C22H39N3O6/c1-8-29-17(26)22(11-12-22)24-14-9-10-16(15(23)13-14)25(18(27)30-20(2,3)4)19(28)31-21(5,6)7/h14-16,24H,8-13,23H2,1-7H3. The topological polar surface area (TPSA) is 120 Å². The van der Waals surface area contributed by atoms with E-state index in [-0.39, 0.29) is 12.0 Å². The SMILES string of the molecule is CCOC(=O)C1(NC2CCC(N(C(=O)OC(C)(C)C)C(=O)OC(C)(C)C)C(N)C2)CC1. The second-order valence-corrected chi connectivity index (χ2v) is 10.5. The average Bonchev–Trinajstić information content (AvgIpc) is 3.35. The van der Waals surface area contributed by atoms with E-state index in [0.29, 0.717) is 25.9 Å². The van der Waals surface area contributed by atoms with Gasteiger partial charge in [-0.25, -0.2) is 14.5 Å².